The van der Waals surface area contributed by atoms with Crippen LogP contribution >= 0.6 is 0 Å². The second-order valence-electron chi connectivity index (χ2n) is 8.77. The summed E-state index contributed by atoms with van der Waals surface area (Å²) in [5, 5.41) is 5.72. The van der Waals surface area contributed by atoms with Crippen molar-refractivity contribution in [3.63, 3.8) is 0 Å². The molecule has 1 aromatic rings. The Morgan fingerprint density at radius 2 is 2.03 bits per heavy atom. The Hall–Kier alpha value is -3.04. The number of nitrogens with zero attached hydrogens (tertiary/aromatic N) is 2. The topological polar surface area (TPSA) is 100 Å². The maximum atomic E-state index is 14.7. The number of likely N-dealkylation sites (tertiary alicyclic amines) is 1. The van der Waals surface area contributed by atoms with Gasteiger partial charge in [0.25, 0.3) is 0 Å². The highest BCUT2D eigenvalue weighted by Crippen LogP contribution is 2.27. The Morgan fingerprint density at radius 3 is 2.68 bits per heavy atom. The molecule has 2 aliphatic rings. The number of cyclic esters (lactones) is 1. The first-order chi connectivity index (χ1) is 14.5. The molecule has 0 radical (unpaired) electrons. The van der Waals surface area contributed by atoms with E-state index in [-0.39, 0.29) is 31.1 Å². The molecule has 3 rings (SSSR count). The molecule has 1 unspecified atom stereocenters. The molecule has 3 amide bonds. The van der Waals surface area contributed by atoms with E-state index >= 15 is 0 Å². The van der Waals surface area contributed by atoms with Crippen LogP contribution in [0.15, 0.2) is 18.2 Å². The van der Waals surface area contributed by atoms with Gasteiger partial charge in [0.1, 0.15) is 17.5 Å². The van der Waals surface area contributed by atoms with Gasteiger partial charge in [0.05, 0.1) is 24.5 Å². The molecule has 0 bridgehead atoms. The fourth-order valence-electron chi connectivity index (χ4n) is 3.48. The van der Waals surface area contributed by atoms with Gasteiger partial charge in [-0.2, -0.15) is 0 Å². The highest BCUT2D eigenvalue weighted by molar-refractivity contribution is 5.90. The first-order valence-electron chi connectivity index (χ1n) is 10.3. The predicted octanol–water partition coefficient (Wildman–Crippen LogP) is 2.71. The summed E-state index contributed by atoms with van der Waals surface area (Å²) in [6.45, 7) is 8.19. The average Bonchev–Trinajstić information content (AvgIpc) is 3.27. The van der Waals surface area contributed by atoms with Gasteiger partial charge >= 0.3 is 12.2 Å². The minimum absolute atomic E-state index is 0.105. The second-order valence-corrected chi connectivity index (χ2v) is 8.77. The zero-order valence-electron chi connectivity index (χ0n) is 18.2. The van der Waals surface area contributed by atoms with E-state index in [2.05, 4.69) is 10.6 Å². The van der Waals surface area contributed by atoms with Crippen LogP contribution in [0, 0.1) is 5.82 Å². The van der Waals surface area contributed by atoms with Crippen LogP contribution in [0.3, 0.4) is 0 Å². The zero-order chi connectivity index (χ0) is 22.8. The fourth-order valence-corrected chi connectivity index (χ4v) is 3.48. The summed E-state index contributed by atoms with van der Waals surface area (Å²) >= 11 is 0. The van der Waals surface area contributed by atoms with E-state index < -0.39 is 23.6 Å². The second kappa shape index (κ2) is 8.99. The van der Waals surface area contributed by atoms with Crippen molar-refractivity contribution in [3.05, 3.63) is 24.0 Å². The third kappa shape index (κ3) is 5.99. The molecular weight excluding hydrogens is 407 g/mol. The van der Waals surface area contributed by atoms with E-state index in [0.717, 1.165) is 0 Å². The summed E-state index contributed by atoms with van der Waals surface area (Å²) in [5.41, 5.74) is 0.102. The van der Waals surface area contributed by atoms with Crippen molar-refractivity contribution in [3.8, 4) is 0 Å². The first kappa shape index (κ1) is 22.6. The van der Waals surface area contributed by atoms with E-state index in [1.165, 1.54) is 17.9 Å². The van der Waals surface area contributed by atoms with Crippen LogP contribution in [0.5, 0.6) is 0 Å². The van der Waals surface area contributed by atoms with Gasteiger partial charge in [-0.15, -0.1) is 0 Å². The third-order valence-corrected chi connectivity index (χ3v) is 4.92. The summed E-state index contributed by atoms with van der Waals surface area (Å²) in [6.07, 6.45) is -0.785. The van der Waals surface area contributed by atoms with Crippen molar-refractivity contribution < 1.29 is 28.2 Å². The monoisotopic (exact) mass is 436 g/mol. The lowest BCUT2D eigenvalue weighted by Crippen LogP contribution is -2.36. The highest BCUT2D eigenvalue weighted by Gasteiger charge is 2.33. The Morgan fingerprint density at radius 1 is 1.29 bits per heavy atom. The van der Waals surface area contributed by atoms with Crippen molar-refractivity contribution in [1.82, 2.24) is 10.2 Å². The van der Waals surface area contributed by atoms with Crippen LogP contribution in [0.2, 0.25) is 0 Å². The molecule has 9 nitrogen and oxygen atoms in total. The molecule has 170 valence electrons. The number of hydrogen-bond acceptors (Lipinski definition) is 6. The first-order valence-corrected chi connectivity index (χ1v) is 10.3. The molecule has 2 heterocycles. The highest BCUT2D eigenvalue weighted by atomic mass is 19.1. The van der Waals surface area contributed by atoms with Crippen LogP contribution in [0.4, 0.5) is 25.4 Å². The van der Waals surface area contributed by atoms with Crippen molar-refractivity contribution in [2.75, 3.05) is 36.4 Å². The minimum Gasteiger partial charge on any atom is -0.444 e. The van der Waals surface area contributed by atoms with Crippen molar-refractivity contribution in [2.24, 2.45) is 0 Å². The van der Waals surface area contributed by atoms with Crippen LogP contribution in [-0.2, 0) is 14.3 Å². The van der Waals surface area contributed by atoms with Gasteiger partial charge < -0.3 is 25.0 Å². The zero-order valence-corrected chi connectivity index (χ0v) is 18.2. The van der Waals surface area contributed by atoms with Gasteiger partial charge in [0.15, 0.2) is 0 Å². The van der Waals surface area contributed by atoms with E-state index in [9.17, 15) is 18.8 Å². The molecule has 2 fully saturated rings. The van der Waals surface area contributed by atoms with Crippen LogP contribution in [0.1, 0.15) is 34.1 Å². The van der Waals surface area contributed by atoms with E-state index in [0.29, 0.717) is 30.9 Å². The quantitative estimate of drug-likeness (QED) is 0.736. The summed E-state index contributed by atoms with van der Waals surface area (Å²) < 4.78 is 25.3. The SMILES string of the molecule is CC(=O)NC[C@H]1CN(c2ccc(NC3CCN(C(=O)OC(C)(C)C)C3)c(F)c2)C(=O)O1. The Labute approximate surface area is 180 Å². The number of ether oxygens (including phenoxy) is 2. The number of carbonyl (C=O) groups excluding carboxylic acids is 3. The molecule has 0 aliphatic carbocycles. The Kier molecular flexibility index (Phi) is 6.56. The van der Waals surface area contributed by atoms with E-state index in [1.807, 2.05) is 20.8 Å². The number of halogens is 1. The minimum atomic E-state index is -0.584. The van der Waals surface area contributed by atoms with E-state index in [1.54, 1.807) is 17.0 Å². The van der Waals surface area contributed by atoms with Gasteiger partial charge in [0, 0.05) is 26.1 Å². The van der Waals surface area contributed by atoms with Crippen molar-refractivity contribution >= 4 is 29.5 Å². The third-order valence-electron chi connectivity index (χ3n) is 4.92. The summed E-state index contributed by atoms with van der Waals surface area (Å²) in [6, 6.07) is 4.36. The van der Waals surface area contributed by atoms with Gasteiger partial charge in [-0.05, 0) is 45.4 Å². The molecular formula is C21H29FN4O5. The van der Waals surface area contributed by atoms with Crippen LogP contribution in [-0.4, -0.2) is 66.9 Å². The van der Waals surface area contributed by atoms with Gasteiger partial charge in [0.2, 0.25) is 5.91 Å². The molecule has 10 heteroatoms. The number of carbonyl (C=O) groups is 3. The molecule has 2 atom stereocenters. The average molecular weight is 436 g/mol. The Balaban J connectivity index is 1.57. The summed E-state index contributed by atoms with van der Waals surface area (Å²) in [4.78, 5) is 38.3. The van der Waals surface area contributed by atoms with Crippen LogP contribution < -0.4 is 15.5 Å². The maximum absolute atomic E-state index is 14.7. The number of nitrogens with one attached hydrogen (secondary N) is 2. The van der Waals surface area contributed by atoms with Gasteiger partial charge in [-0.25, -0.2) is 14.0 Å². The molecule has 0 aromatic heterocycles. The summed E-state index contributed by atoms with van der Waals surface area (Å²) in [5.74, 6) is -0.723. The molecule has 2 N–H and O–H groups in total. The maximum Gasteiger partial charge on any atom is 0.414 e. The molecule has 1 aromatic carbocycles. The smallest absolute Gasteiger partial charge is 0.414 e. The van der Waals surface area contributed by atoms with Gasteiger partial charge in [-0.3, -0.25) is 9.69 Å². The van der Waals surface area contributed by atoms with E-state index in [4.69, 9.17) is 9.47 Å². The molecule has 0 spiro atoms. The number of amides is 3. The van der Waals surface area contributed by atoms with Crippen LogP contribution in [0.25, 0.3) is 0 Å². The number of benzene rings is 1. The van der Waals surface area contributed by atoms with Crippen molar-refractivity contribution in [2.45, 2.75) is 51.9 Å². The van der Waals surface area contributed by atoms with Crippen molar-refractivity contribution in [1.29, 1.82) is 0 Å². The number of anilines is 2. The molecule has 0 saturated carbocycles. The lowest BCUT2D eigenvalue weighted by Gasteiger charge is -2.24. The molecule has 2 saturated heterocycles. The normalized spacial score (nSPS) is 21.1. The largest absolute Gasteiger partial charge is 0.444 e. The lowest BCUT2D eigenvalue weighted by atomic mass is 10.2. The standard InChI is InChI=1S/C21H29FN4O5/c1-13(27)23-10-16-12-26(20(29)30-16)15-5-6-18(17(22)9-15)24-14-7-8-25(11-14)19(28)31-21(2,3)4/h5-6,9,14,16,24H,7-8,10-12H2,1-4H3,(H,23,27)/t14?,16-/m0/s1. The molecule has 2 aliphatic heterocycles. The Bertz CT molecular complexity index is 857. The number of hydrogen-bond donors (Lipinski definition) is 2. The predicted molar refractivity (Wildman–Crippen MR) is 113 cm³/mol. The fraction of sp³-hybridized carbons (Fsp3) is 0.571. The number of rotatable bonds is 5. The summed E-state index contributed by atoms with van der Waals surface area (Å²) in [7, 11) is 0. The lowest BCUT2D eigenvalue weighted by molar-refractivity contribution is -0.119. The molecule has 31 heavy (non-hydrogen) atoms. The van der Waals surface area contributed by atoms with Gasteiger partial charge in [-0.1, -0.05) is 0 Å².